The first-order chi connectivity index (χ1) is 9.19. The number of alkyl halides is 12. The highest BCUT2D eigenvalue weighted by Crippen LogP contribution is 2.59. The number of hydrogen-bond acceptors (Lipinski definition) is 1. The normalized spacial score (nSPS) is 18.5. The van der Waals surface area contributed by atoms with Crippen molar-refractivity contribution in [2.24, 2.45) is 11.7 Å². The molecule has 0 aromatic heterocycles. The zero-order chi connectivity index (χ0) is 18.6. The molecule has 0 aliphatic carbocycles. The van der Waals surface area contributed by atoms with Gasteiger partial charge in [-0.05, 0) is 0 Å². The third-order valence-electron chi connectivity index (χ3n) is 2.86. The molecule has 0 rings (SSSR count). The van der Waals surface area contributed by atoms with E-state index in [1.54, 1.807) is 0 Å². The van der Waals surface area contributed by atoms with Crippen LogP contribution in [0.2, 0.25) is 0 Å². The molecule has 0 aromatic carbocycles. The van der Waals surface area contributed by atoms with E-state index >= 15 is 0 Å². The molecule has 1 unspecified atom stereocenters. The number of hydrogen-bond donors (Lipinski definition) is 1. The molecule has 0 aliphatic heterocycles. The predicted molar refractivity (Wildman–Crippen MR) is 48.7 cm³/mol. The van der Waals surface area contributed by atoms with Gasteiger partial charge in [-0.3, -0.25) is 5.73 Å². The molecule has 0 spiro atoms. The molecule has 0 bridgehead atoms. The lowest BCUT2D eigenvalue weighted by molar-refractivity contribution is -0.434. The van der Waals surface area contributed by atoms with E-state index in [2.05, 4.69) is 5.73 Å². The summed E-state index contributed by atoms with van der Waals surface area (Å²) in [7, 11) is 0. The highest BCUT2D eigenvalue weighted by molar-refractivity contribution is 5.11. The van der Waals surface area contributed by atoms with E-state index in [9.17, 15) is 52.7 Å². The Kier molecular flexibility index (Phi) is 4.86. The summed E-state index contributed by atoms with van der Waals surface area (Å²) >= 11 is 0. The second-order valence-corrected chi connectivity index (χ2v) is 4.72. The lowest BCUT2D eigenvalue weighted by Gasteiger charge is -2.42. The summed E-state index contributed by atoms with van der Waals surface area (Å²) in [5.41, 5.74) is 4.12. The van der Waals surface area contributed by atoms with Gasteiger partial charge in [0.05, 0.1) is 0 Å². The van der Waals surface area contributed by atoms with Crippen molar-refractivity contribution in [2.75, 3.05) is 0 Å². The molecular weight excluding hydrogens is 350 g/mol. The van der Waals surface area contributed by atoms with Crippen LogP contribution in [-0.2, 0) is 0 Å². The Labute approximate surface area is 115 Å². The summed E-state index contributed by atoms with van der Waals surface area (Å²) in [5.74, 6) is -36.7. The van der Waals surface area contributed by atoms with E-state index < -0.39 is 41.6 Å². The average molecular weight is 359 g/mol. The molecule has 0 aliphatic rings. The minimum absolute atomic E-state index is 0.407. The van der Waals surface area contributed by atoms with Crippen LogP contribution in [0.4, 0.5) is 52.7 Å². The van der Waals surface area contributed by atoms with Crippen LogP contribution in [-0.4, -0.2) is 35.7 Å². The Bertz CT molecular complexity index is 407. The molecule has 0 heterocycles. The molecule has 134 valence electrons. The van der Waals surface area contributed by atoms with Crippen molar-refractivity contribution < 1.29 is 52.7 Å². The van der Waals surface area contributed by atoms with E-state index in [-0.39, 0.29) is 0 Å². The van der Waals surface area contributed by atoms with E-state index in [0.29, 0.717) is 13.8 Å². The van der Waals surface area contributed by atoms with Gasteiger partial charge in [0.2, 0.25) is 5.79 Å². The zero-order valence-corrected chi connectivity index (χ0v) is 10.7. The van der Waals surface area contributed by atoms with Gasteiger partial charge in [0.25, 0.3) is 0 Å². The van der Waals surface area contributed by atoms with Crippen LogP contribution in [0.3, 0.4) is 0 Å². The van der Waals surface area contributed by atoms with Gasteiger partial charge in [-0.25, -0.2) is 4.39 Å². The molecule has 0 aromatic rings. The van der Waals surface area contributed by atoms with E-state index in [0.717, 1.165) is 0 Å². The van der Waals surface area contributed by atoms with Gasteiger partial charge >= 0.3 is 29.9 Å². The first kappa shape index (κ1) is 21.1. The van der Waals surface area contributed by atoms with Crippen molar-refractivity contribution in [3.8, 4) is 0 Å². The summed E-state index contributed by atoms with van der Waals surface area (Å²) in [5, 5.41) is 0. The van der Waals surface area contributed by atoms with Crippen LogP contribution >= 0.6 is 0 Å². The lowest BCUT2D eigenvalue weighted by atomic mass is 9.86. The largest absolute Gasteiger partial charge is 0.460 e. The molecular formula is C9H9F12N. The third kappa shape index (κ3) is 2.50. The fourth-order valence-electron chi connectivity index (χ4n) is 1.18. The maximum atomic E-state index is 13.4. The minimum Gasteiger partial charge on any atom is -0.294 e. The Balaban J connectivity index is 6.24. The Hall–Kier alpha value is -0.880. The van der Waals surface area contributed by atoms with Gasteiger partial charge in [0.1, 0.15) is 0 Å². The fourth-order valence-corrected chi connectivity index (χ4v) is 1.18. The fraction of sp³-hybridized carbons (Fsp3) is 1.00. The SMILES string of the molecule is CC(C)C(N)(F)C(F)(F)C(F)(F)C(F)(F)C(F)(F)C(F)(F)F. The van der Waals surface area contributed by atoms with Gasteiger partial charge in [-0.1, -0.05) is 13.8 Å². The van der Waals surface area contributed by atoms with E-state index in [1.165, 1.54) is 0 Å². The van der Waals surface area contributed by atoms with Gasteiger partial charge in [-0.2, -0.15) is 48.3 Å². The van der Waals surface area contributed by atoms with Crippen LogP contribution in [0.5, 0.6) is 0 Å². The summed E-state index contributed by atoms with van der Waals surface area (Å²) in [4.78, 5) is 0. The smallest absolute Gasteiger partial charge is 0.294 e. The molecule has 0 saturated carbocycles. The minimum atomic E-state index is -7.66. The average Bonchev–Trinajstić information content (AvgIpc) is 2.25. The molecule has 0 saturated heterocycles. The summed E-state index contributed by atoms with van der Waals surface area (Å²) in [6, 6.07) is 0. The molecule has 1 nitrogen and oxygen atoms in total. The van der Waals surface area contributed by atoms with Gasteiger partial charge in [0, 0.05) is 5.92 Å². The monoisotopic (exact) mass is 359 g/mol. The van der Waals surface area contributed by atoms with Crippen molar-refractivity contribution >= 4 is 0 Å². The van der Waals surface area contributed by atoms with Crippen LogP contribution in [0.15, 0.2) is 0 Å². The Morgan fingerprint density at radius 2 is 0.818 bits per heavy atom. The van der Waals surface area contributed by atoms with Crippen LogP contribution in [0.25, 0.3) is 0 Å². The van der Waals surface area contributed by atoms with E-state index in [4.69, 9.17) is 0 Å². The summed E-state index contributed by atoms with van der Waals surface area (Å²) < 4.78 is 152. The lowest BCUT2D eigenvalue weighted by Crippen LogP contribution is -2.73. The van der Waals surface area contributed by atoms with Crippen molar-refractivity contribution in [3.05, 3.63) is 0 Å². The van der Waals surface area contributed by atoms with Gasteiger partial charge in [0.15, 0.2) is 0 Å². The summed E-state index contributed by atoms with van der Waals surface area (Å²) in [6.45, 7) is 0.814. The van der Waals surface area contributed by atoms with Crippen LogP contribution < -0.4 is 5.73 Å². The molecule has 0 radical (unpaired) electrons. The topological polar surface area (TPSA) is 26.0 Å². The van der Waals surface area contributed by atoms with Crippen LogP contribution in [0.1, 0.15) is 13.8 Å². The molecule has 1 atom stereocenters. The first-order valence-corrected chi connectivity index (χ1v) is 5.25. The van der Waals surface area contributed by atoms with Crippen molar-refractivity contribution in [3.63, 3.8) is 0 Å². The maximum Gasteiger partial charge on any atom is 0.460 e. The second-order valence-electron chi connectivity index (χ2n) is 4.72. The third-order valence-corrected chi connectivity index (χ3v) is 2.86. The quantitative estimate of drug-likeness (QED) is 0.573. The zero-order valence-electron chi connectivity index (χ0n) is 10.7. The standard InChI is InChI=1S/C9H9F12N/c1-3(2)4(10,22)5(11,12)6(13,14)7(15,16)8(17,18)9(19,20)21/h3H,22H2,1-2H3. The van der Waals surface area contributed by atoms with Crippen molar-refractivity contribution in [2.45, 2.75) is 49.5 Å². The van der Waals surface area contributed by atoms with Gasteiger partial charge < -0.3 is 0 Å². The van der Waals surface area contributed by atoms with Crippen molar-refractivity contribution in [1.29, 1.82) is 0 Å². The Morgan fingerprint density at radius 3 is 1.05 bits per heavy atom. The Morgan fingerprint density at radius 1 is 0.545 bits per heavy atom. The predicted octanol–water partition coefficient (Wildman–Crippen LogP) is 4.37. The van der Waals surface area contributed by atoms with Gasteiger partial charge in [-0.15, -0.1) is 0 Å². The molecule has 0 fully saturated rings. The molecule has 0 amide bonds. The molecule has 22 heavy (non-hydrogen) atoms. The van der Waals surface area contributed by atoms with Crippen LogP contribution in [0, 0.1) is 5.92 Å². The highest BCUT2D eigenvalue weighted by atomic mass is 19.4. The number of rotatable bonds is 5. The van der Waals surface area contributed by atoms with Crippen molar-refractivity contribution in [1.82, 2.24) is 0 Å². The molecule has 13 heteroatoms. The molecule has 2 N–H and O–H groups in total. The second kappa shape index (κ2) is 5.06. The summed E-state index contributed by atoms with van der Waals surface area (Å²) in [6.07, 6.45) is -7.29. The highest BCUT2D eigenvalue weighted by Gasteiger charge is 2.90. The maximum absolute atomic E-state index is 13.4. The number of nitrogens with two attached hydrogens (primary N) is 1. The van der Waals surface area contributed by atoms with E-state index in [1.807, 2.05) is 0 Å². The first-order valence-electron chi connectivity index (χ1n) is 5.25. The number of halogens is 12.